The summed E-state index contributed by atoms with van der Waals surface area (Å²) in [6.07, 6.45) is 2.24. The summed E-state index contributed by atoms with van der Waals surface area (Å²) in [6.45, 7) is 3.69. The number of aromatic nitrogens is 3. The van der Waals surface area contributed by atoms with Crippen molar-refractivity contribution in [3.63, 3.8) is 0 Å². The van der Waals surface area contributed by atoms with E-state index in [0.717, 1.165) is 43.1 Å². The van der Waals surface area contributed by atoms with Crippen molar-refractivity contribution in [1.29, 1.82) is 0 Å². The van der Waals surface area contributed by atoms with Gasteiger partial charge >= 0.3 is 0 Å². The van der Waals surface area contributed by atoms with Gasteiger partial charge in [-0.2, -0.15) is 0 Å². The Hall–Kier alpha value is -0.980. The molecule has 5 nitrogen and oxygen atoms in total. The van der Waals surface area contributed by atoms with E-state index in [9.17, 15) is 0 Å². The van der Waals surface area contributed by atoms with Crippen LogP contribution in [0.1, 0.15) is 36.0 Å². The number of halogens is 1. The number of aryl methyl sites for hydroxylation is 1. The molecule has 0 spiro atoms. The summed E-state index contributed by atoms with van der Waals surface area (Å²) in [6, 6.07) is 2.29. The van der Waals surface area contributed by atoms with Crippen LogP contribution in [0, 0.1) is 6.92 Å². The predicted octanol–water partition coefficient (Wildman–Crippen LogP) is 2.83. The predicted molar refractivity (Wildman–Crippen MR) is 68.5 cm³/mol. The first-order chi connectivity index (χ1) is 8.74. The number of hydrogen-bond donors (Lipinski definition) is 0. The van der Waals surface area contributed by atoms with Gasteiger partial charge in [-0.15, -0.1) is 5.10 Å². The quantitative estimate of drug-likeness (QED) is 0.867. The Labute approximate surface area is 114 Å². The lowest BCUT2D eigenvalue weighted by molar-refractivity contribution is 0.204. The molecule has 1 aliphatic heterocycles. The molecule has 0 bridgehead atoms. The zero-order valence-electron chi connectivity index (χ0n) is 9.97. The number of hydrogen-bond acceptors (Lipinski definition) is 6. The smallest absolute Gasteiger partial charge is 0.154 e. The van der Waals surface area contributed by atoms with Crippen LogP contribution < -0.4 is 0 Å². The molecule has 0 saturated carbocycles. The minimum Gasteiger partial charge on any atom is -0.359 e. The third-order valence-electron chi connectivity index (χ3n) is 3.20. The highest BCUT2D eigenvalue weighted by molar-refractivity contribution is 7.10. The van der Waals surface area contributed by atoms with Gasteiger partial charge in [-0.25, -0.2) is 0 Å². The summed E-state index contributed by atoms with van der Waals surface area (Å²) in [5.74, 6) is 0.935. The van der Waals surface area contributed by atoms with E-state index in [2.05, 4.69) is 19.6 Å². The standard InChI is InChI=1S/C11H13ClN4OS/c1-7-5-10(17-14-7)9-3-2-4-16(9)6-8-11(12)18-15-13-8/h5,9H,2-4,6H2,1H3/t9-/m1/s1. The van der Waals surface area contributed by atoms with Gasteiger partial charge in [0.25, 0.3) is 0 Å². The van der Waals surface area contributed by atoms with Gasteiger partial charge in [0.1, 0.15) is 10.0 Å². The molecule has 1 fully saturated rings. The summed E-state index contributed by atoms with van der Waals surface area (Å²) in [5, 5.41) is 8.02. The van der Waals surface area contributed by atoms with Crippen molar-refractivity contribution in [1.82, 2.24) is 19.6 Å². The fraction of sp³-hybridized carbons (Fsp3) is 0.545. The Kier molecular flexibility index (Phi) is 3.32. The molecule has 1 atom stereocenters. The third kappa shape index (κ3) is 2.28. The minimum atomic E-state index is 0.281. The van der Waals surface area contributed by atoms with Crippen molar-refractivity contribution in [3.05, 3.63) is 27.6 Å². The molecular weight excluding hydrogens is 272 g/mol. The number of nitrogens with zero attached hydrogens (tertiary/aromatic N) is 4. The van der Waals surface area contributed by atoms with Crippen LogP contribution in [0.4, 0.5) is 0 Å². The molecule has 0 radical (unpaired) electrons. The lowest BCUT2D eigenvalue weighted by atomic mass is 10.1. The molecule has 96 valence electrons. The van der Waals surface area contributed by atoms with Crippen molar-refractivity contribution in [2.75, 3.05) is 6.54 Å². The Balaban J connectivity index is 1.77. The van der Waals surface area contributed by atoms with Crippen molar-refractivity contribution < 1.29 is 4.52 Å². The Morgan fingerprint density at radius 3 is 3.17 bits per heavy atom. The van der Waals surface area contributed by atoms with E-state index in [0.29, 0.717) is 4.34 Å². The highest BCUT2D eigenvalue weighted by Crippen LogP contribution is 2.34. The van der Waals surface area contributed by atoms with Crippen molar-refractivity contribution in [2.45, 2.75) is 32.4 Å². The maximum Gasteiger partial charge on any atom is 0.154 e. The second-order valence-electron chi connectivity index (χ2n) is 4.49. The lowest BCUT2D eigenvalue weighted by Gasteiger charge is -2.20. The van der Waals surface area contributed by atoms with Crippen LogP contribution in [0.5, 0.6) is 0 Å². The van der Waals surface area contributed by atoms with Gasteiger partial charge in [0.15, 0.2) is 5.76 Å². The number of likely N-dealkylation sites (tertiary alicyclic amines) is 1. The fourth-order valence-electron chi connectivity index (χ4n) is 2.36. The van der Waals surface area contributed by atoms with E-state index >= 15 is 0 Å². The third-order valence-corrected chi connectivity index (χ3v) is 4.18. The fourth-order valence-corrected chi connectivity index (χ4v) is 2.97. The zero-order chi connectivity index (χ0) is 12.5. The number of rotatable bonds is 3. The van der Waals surface area contributed by atoms with E-state index in [1.165, 1.54) is 11.5 Å². The van der Waals surface area contributed by atoms with Crippen LogP contribution in [-0.2, 0) is 6.54 Å². The highest BCUT2D eigenvalue weighted by atomic mass is 35.5. The molecule has 7 heteroatoms. The average molecular weight is 285 g/mol. The van der Waals surface area contributed by atoms with Gasteiger partial charge in [0.05, 0.1) is 11.7 Å². The summed E-state index contributed by atoms with van der Waals surface area (Å²) in [7, 11) is 0. The summed E-state index contributed by atoms with van der Waals surface area (Å²) < 4.78 is 9.91. The van der Waals surface area contributed by atoms with Gasteiger partial charge in [-0.1, -0.05) is 21.2 Å². The summed E-state index contributed by atoms with van der Waals surface area (Å²) >= 11 is 7.28. The van der Waals surface area contributed by atoms with E-state index in [1.807, 2.05) is 13.0 Å². The van der Waals surface area contributed by atoms with Crippen LogP contribution in [-0.4, -0.2) is 26.2 Å². The van der Waals surface area contributed by atoms with Crippen molar-refractivity contribution in [2.24, 2.45) is 0 Å². The Morgan fingerprint density at radius 2 is 2.50 bits per heavy atom. The second-order valence-corrected chi connectivity index (χ2v) is 5.85. The van der Waals surface area contributed by atoms with Crippen LogP contribution >= 0.6 is 23.1 Å². The highest BCUT2D eigenvalue weighted by Gasteiger charge is 2.30. The molecule has 1 saturated heterocycles. The van der Waals surface area contributed by atoms with Crippen LogP contribution in [0.15, 0.2) is 10.6 Å². The van der Waals surface area contributed by atoms with Crippen LogP contribution in [0.3, 0.4) is 0 Å². The van der Waals surface area contributed by atoms with E-state index in [-0.39, 0.29) is 6.04 Å². The molecule has 2 aromatic heterocycles. The molecule has 2 aromatic rings. The van der Waals surface area contributed by atoms with Gasteiger partial charge in [-0.05, 0) is 26.3 Å². The van der Waals surface area contributed by atoms with E-state index < -0.39 is 0 Å². The average Bonchev–Trinajstić information content (AvgIpc) is 3.03. The molecule has 0 aliphatic carbocycles. The molecule has 1 aliphatic rings. The molecular formula is C11H13ClN4OS. The maximum atomic E-state index is 6.05. The molecule has 0 unspecified atom stereocenters. The van der Waals surface area contributed by atoms with Crippen molar-refractivity contribution >= 4 is 23.1 Å². The molecule has 3 rings (SSSR count). The summed E-state index contributed by atoms with van der Waals surface area (Å²) in [4.78, 5) is 2.32. The summed E-state index contributed by atoms with van der Waals surface area (Å²) in [5.41, 5.74) is 1.77. The van der Waals surface area contributed by atoms with Gasteiger partial charge in [0, 0.05) is 24.1 Å². The van der Waals surface area contributed by atoms with Gasteiger partial charge < -0.3 is 4.52 Å². The molecule has 18 heavy (non-hydrogen) atoms. The Bertz CT molecular complexity index is 541. The van der Waals surface area contributed by atoms with Crippen LogP contribution in [0.25, 0.3) is 0 Å². The molecule has 3 heterocycles. The maximum absolute atomic E-state index is 6.05. The molecule has 0 amide bonds. The topological polar surface area (TPSA) is 55.1 Å². The minimum absolute atomic E-state index is 0.281. The van der Waals surface area contributed by atoms with E-state index in [1.54, 1.807) is 0 Å². The second kappa shape index (κ2) is 4.95. The van der Waals surface area contributed by atoms with E-state index in [4.69, 9.17) is 16.1 Å². The van der Waals surface area contributed by atoms with Gasteiger partial charge in [0.2, 0.25) is 0 Å². The van der Waals surface area contributed by atoms with Crippen molar-refractivity contribution in [3.8, 4) is 0 Å². The normalized spacial score (nSPS) is 20.7. The lowest BCUT2D eigenvalue weighted by Crippen LogP contribution is -2.22. The monoisotopic (exact) mass is 284 g/mol. The largest absolute Gasteiger partial charge is 0.359 e. The SMILES string of the molecule is Cc1cc([C@H]2CCCN2Cc2nnsc2Cl)on1. The van der Waals surface area contributed by atoms with Gasteiger partial charge in [-0.3, -0.25) is 4.90 Å². The Morgan fingerprint density at radius 1 is 1.61 bits per heavy atom. The molecule has 0 N–H and O–H groups in total. The zero-order valence-corrected chi connectivity index (χ0v) is 11.5. The first-order valence-electron chi connectivity index (χ1n) is 5.88. The van der Waals surface area contributed by atoms with Crippen LogP contribution in [0.2, 0.25) is 4.34 Å². The first kappa shape index (κ1) is 12.1. The first-order valence-corrected chi connectivity index (χ1v) is 7.03. The molecule has 0 aromatic carbocycles.